The van der Waals surface area contributed by atoms with Crippen molar-refractivity contribution in [3.8, 4) is 0 Å². The quantitative estimate of drug-likeness (QED) is 0.583. The topological polar surface area (TPSA) is 44.7 Å². The summed E-state index contributed by atoms with van der Waals surface area (Å²) in [5.41, 5.74) is 5.06. The second-order valence-corrected chi connectivity index (χ2v) is 6.83. The van der Waals surface area contributed by atoms with Crippen molar-refractivity contribution in [3.63, 3.8) is 0 Å². The van der Waals surface area contributed by atoms with E-state index in [1.54, 1.807) is 12.1 Å². The van der Waals surface area contributed by atoms with Gasteiger partial charge in [-0.15, -0.1) is 0 Å². The predicted molar refractivity (Wildman–Crippen MR) is 110 cm³/mol. The lowest BCUT2D eigenvalue weighted by Crippen LogP contribution is -2.27. The summed E-state index contributed by atoms with van der Waals surface area (Å²) >= 11 is 5.92. The first-order valence-corrected chi connectivity index (χ1v) is 8.85. The number of hydrogen-bond donors (Lipinski definition) is 1. The molecule has 0 aromatic heterocycles. The highest BCUT2D eigenvalue weighted by atomic mass is 35.5. The van der Waals surface area contributed by atoms with Crippen molar-refractivity contribution < 1.29 is 4.79 Å². The van der Waals surface area contributed by atoms with Crippen molar-refractivity contribution in [2.24, 2.45) is 11.0 Å². The molecule has 1 N–H and O–H groups in total. The Morgan fingerprint density at radius 3 is 2.42 bits per heavy atom. The van der Waals surface area contributed by atoms with Crippen LogP contribution >= 0.6 is 11.6 Å². The maximum absolute atomic E-state index is 12.2. The molecule has 2 aromatic rings. The van der Waals surface area contributed by atoms with Crippen LogP contribution in [-0.4, -0.2) is 37.2 Å². The van der Waals surface area contributed by atoms with Crippen LogP contribution in [0.4, 0.5) is 0 Å². The minimum atomic E-state index is -0.222. The molecule has 0 aliphatic carbocycles. The smallest absolute Gasteiger partial charge is 0.271 e. The maximum Gasteiger partial charge on any atom is 0.271 e. The van der Waals surface area contributed by atoms with Crippen LogP contribution in [0.3, 0.4) is 0 Å². The third-order valence-electron chi connectivity index (χ3n) is 3.78. The number of halogens is 1. The number of carbonyl (C=O) groups excluding carboxylic acids is 1. The van der Waals surface area contributed by atoms with Gasteiger partial charge in [-0.1, -0.05) is 54.9 Å². The summed E-state index contributed by atoms with van der Waals surface area (Å²) in [4.78, 5) is 14.3. The van der Waals surface area contributed by atoms with Crippen LogP contribution in [-0.2, 0) is 0 Å². The molecule has 0 heterocycles. The SMILES string of the molecule is CC(CN(C)C)C(/C=C/c1ccc(Cl)cc1)=N/NC(=O)c1ccccc1. The molecular formula is C21H24ClN3O. The van der Waals surface area contributed by atoms with Crippen molar-refractivity contribution in [1.29, 1.82) is 0 Å². The summed E-state index contributed by atoms with van der Waals surface area (Å²) in [6, 6.07) is 16.6. The van der Waals surface area contributed by atoms with Crippen LogP contribution in [0.1, 0.15) is 22.8 Å². The van der Waals surface area contributed by atoms with E-state index in [-0.39, 0.29) is 11.8 Å². The molecule has 1 atom stereocenters. The first kappa shape index (κ1) is 19.9. The molecule has 0 fully saturated rings. The van der Waals surface area contributed by atoms with Crippen LogP contribution in [0.2, 0.25) is 5.02 Å². The molecule has 5 heteroatoms. The molecule has 2 aromatic carbocycles. The number of carbonyl (C=O) groups is 1. The Morgan fingerprint density at radius 1 is 1.15 bits per heavy atom. The van der Waals surface area contributed by atoms with Gasteiger partial charge in [0.25, 0.3) is 5.91 Å². The fraction of sp³-hybridized carbons (Fsp3) is 0.238. The summed E-state index contributed by atoms with van der Waals surface area (Å²) in [5, 5.41) is 5.06. The third-order valence-corrected chi connectivity index (χ3v) is 4.03. The monoisotopic (exact) mass is 369 g/mol. The Balaban J connectivity index is 2.16. The minimum absolute atomic E-state index is 0.157. The van der Waals surface area contributed by atoms with Gasteiger partial charge in [-0.3, -0.25) is 4.79 Å². The second-order valence-electron chi connectivity index (χ2n) is 6.39. The molecule has 0 spiro atoms. The van der Waals surface area contributed by atoms with Crippen molar-refractivity contribution in [3.05, 3.63) is 76.8 Å². The number of hydrazone groups is 1. The van der Waals surface area contributed by atoms with E-state index < -0.39 is 0 Å². The summed E-state index contributed by atoms with van der Waals surface area (Å²) in [7, 11) is 4.03. The van der Waals surface area contributed by atoms with Gasteiger partial charge in [0.05, 0.1) is 5.71 Å². The Bertz CT molecular complexity index is 768. The number of nitrogens with zero attached hydrogens (tertiary/aromatic N) is 2. The van der Waals surface area contributed by atoms with Crippen molar-refractivity contribution >= 4 is 29.3 Å². The van der Waals surface area contributed by atoms with E-state index in [9.17, 15) is 4.79 Å². The van der Waals surface area contributed by atoms with Crippen LogP contribution in [0, 0.1) is 5.92 Å². The molecule has 0 aliphatic heterocycles. The van der Waals surface area contributed by atoms with Gasteiger partial charge in [-0.25, -0.2) is 5.43 Å². The van der Waals surface area contributed by atoms with Gasteiger partial charge in [0.1, 0.15) is 0 Å². The Morgan fingerprint density at radius 2 is 1.81 bits per heavy atom. The summed E-state index contributed by atoms with van der Waals surface area (Å²) < 4.78 is 0. The van der Waals surface area contributed by atoms with Crippen LogP contribution in [0.5, 0.6) is 0 Å². The number of nitrogens with one attached hydrogen (secondary N) is 1. The van der Waals surface area contributed by atoms with E-state index in [4.69, 9.17) is 11.6 Å². The number of rotatable bonds is 7. The van der Waals surface area contributed by atoms with E-state index >= 15 is 0 Å². The van der Waals surface area contributed by atoms with E-state index in [2.05, 4.69) is 22.4 Å². The van der Waals surface area contributed by atoms with E-state index in [0.717, 1.165) is 17.8 Å². The first-order chi connectivity index (χ1) is 12.5. The van der Waals surface area contributed by atoms with Gasteiger partial charge < -0.3 is 4.90 Å². The number of hydrogen-bond acceptors (Lipinski definition) is 3. The number of amides is 1. The average molecular weight is 370 g/mol. The van der Waals surface area contributed by atoms with E-state index in [1.165, 1.54) is 0 Å². The zero-order valence-electron chi connectivity index (χ0n) is 15.3. The molecule has 4 nitrogen and oxygen atoms in total. The summed E-state index contributed by atoms with van der Waals surface area (Å²) in [5.74, 6) is -0.0651. The molecule has 0 saturated carbocycles. The molecule has 0 bridgehead atoms. The molecule has 1 unspecified atom stereocenters. The third kappa shape index (κ3) is 6.47. The van der Waals surface area contributed by atoms with E-state index in [0.29, 0.717) is 10.6 Å². The molecule has 2 rings (SSSR count). The van der Waals surface area contributed by atoms with Gasteiger partial charge in [0, 0.05) is 23.0 Å². The van der Waals surface area contributed by atoms with Crippen LogP contribution in [0.15, 0.2) is 65.8 Å². The lowest BCUT2D eigenvalue weighted by molar-refractivity contribution is 0.0954. The maximum atomic E-state index is 12.2. The van der Waals surface area contributed by atoms with Crippen LogP contribution in [0.25, 0.3) is 6.08 Å². The second kappa shape index (κ2) is 9.90. The van der Waals surface area contributed by atoms with E-state index in [1.807, 2.05) is 68.7 Å². The van der Waals surface area contributed by atoms with Gasteiger partial charge >= 0.3 is 0 Å². The number of allylic oxidation sites excluding steroid dienone is 1. The largest absolute Gasteiger partial charge is 0.309 e. The predicted octanol–water partition coefficient (Wildman–Crippen LogP) is 4.34. The first-order valence-electron chi connectivity index (χ1n) is 8.47. The Kier molecular flexibility index (Phi) is 7.57. The fourth-order valence-electron chi connectivity index (χ4n) is 2.48. The standard InChI is InChI=1S/C21H24ClN3O/c1-16(15-25(2)3)20(14-11-17-9-12-19(22)13-10-17)23-24-21(26)18-7-5-4-6-8-18/h4-14,16H,15H2,1-3H3,(H,24,26)/b14-11+,23-20+. The molecule has 1 amide bonds. The van der Waals surface area contributed by atoms with Gasteiger partial charge in [0.15, 0.2) is 0 Å². The highest BCUT2D eigenvalue weighted by molar-refractivity contribution is 6.30. The molecule has 136 valence electrons. The van der Waals surface area contributed by atoms with Crippen LogP contribution < -0.4 is 5.43 Å². The molecular weight excluding hydrogens is 346 g/mol. The van der Waals surface area contributed by atoms with Gasteiger partial charge in [-0.2, -0.15) is 5.10 Å². The Hall–Kier alpha value is -2.43. The lowest BCUT2D eigenvalue weighted by atomic mass is 10.0. The zero-order chi connectivity index (χ0) is 18.9. The molecule has 0 radical (unpaired) electrons. The minimum Gasteiger partial charge on any atom is -0.309 e. The summed E-state index contributed by atoms with van der Waals surface area (Å²) in [6.07, 6.45) is 3.90. The molecule has 0 saturated heterocycles. The molecule has 26 heavy (non-hydrogen) atoms. The zero-order valence-corrected chi connectivity index (χ0v) is 16.1. The molecule has 0 aliphatic rings. The van der Waals surface area contributed by atoms with Gasteiger partial charge in [0.2, 0.25) is 0 Å². The highest BCUT2D eigenvalue weighted by Gasteiger charge is 2.11. The van der Waals surface area contributed by atoms with Crippen molar-refractivity contribution in [2.45, 2.75) is 6.92 Å². The van der Waals surface area contributed by atoms with Gasteiger partial charge in [-0.05, 0) is 50.0 Å². The highest BCUT2D eigenvalue weighted by Crippen LogP contribution is 2.12. The Labute approximate surface area is 160 Å². The van der Waals surface area contributed by atoms with Crippen molar-refractivity contribution in [2.75, 3.05) is 20.6 Å². The fourth-order valence-corrected chi connectivity index (χ4v) is 2.60. The number of benzene rings is 2. The average Bonchev–Trinajstić information content (AvgIpc) is 2.63. The van der Waals surface area contributed by atoms with Crippen molar-refractivity contribution in [1.82, 2.24) is 10.3 Å². The lowest BCUT2D eigenvalue weighted by Gasteiger charge is -2.17. The normalized spacial score (nSPS) is 13.2. The summed E-state index contributed by atoms with van der Waals surface area (Å²) in [6.45, 7) is 2.91.